The molecule has 0 radical (unpaired) electrons. The predicted octanol–water partition coefficient (Wildman–Crippen LogP) is 4.65. The Balaban J connectivity index is 1.45. The molecule has 3 aromatic carbocycles. The Kier molecular flexibility index (Phi) is 7.90. The van der Waals surface area contributed by atoms with Gasteiger partial charge in [-0.1, -0.05) is 29.3 Å². The van der Waals surface area contributed by atoms with Gasteiger partial charge in [-0.15, -0.1) is 0 Å². The van der Waals surface area contributed by atoms with Gasteiger partial charge < -0.3 is 34.7 Å². The number of halogens is 2. The lowest BCUT2D eigenvalue weighted by Crippen LogP contribution is -2.24. The number of rotatable bonds is 7. The Bertz CT molecular complexity index is 1360. The molecule has 1 aliphatic rings. The van der Waals surface area contributed by atoms with Crippen molar-refractivity contribution < 1.29 is 38.4 Å². The summed E-state index contributed by atoms with van der Waals surface area (Å²) < 4.78 is 21.0. The molecule has 0 aromatic heterocycles. The van der Waals surface area contributed by atoms with Crippen LogP contribution < -0.4 is 24.8 Å². The Labute approximate surface area is 221 Å². The number of phenols is 1. The number of carbonyl (C=O) groups is 3. The van der Waals surface area contributed by atoms with Crippen molar-refractivity contribution in [3.8, 4) is 28.7 Å². The molecule has 0 saturated heterocycles. The molecule has 3 aromatic rings. The van der Waals surface area contributed by atoms with Gasteiger partial charge in [0.05, 0.1) is 22.2 Å². The Hall–Kier alpha value is -4.15. The molecular weight excluding hydrogens is 527 g/mol. The fourth-order valence-corrected chi connectivity index (χ4v) is 3.88. The summed E-state index contributed by atoms with van der Waals surface area (Å²) in [5, 5.41) is 15.3. The van der Waals surface area contributed by atoms with Crippen molar-refractivity contribution in [1.29, 1.82) is 0 Å². The highest BCUT2D eigenvalue weighted by atomic mass is 35.5. The number of fused-ring (bicyclic) bond motifs is 1. The normalized spacial score (nSPS) is 11.5. The maximum Gasteiger partial charge on any atom is 0.397 e. The summed E-state index contributed by atoms with van der Waals surface area (Å²) in [6.45, 7) is 1.94. The second kappa shape index (κ2) is 11.3. The fourth-order valence-electron chi connectivity index (χ4n) is 3.32. The van der Waals surface area contributed by atoms with Crippen molar-refractivity contribution in [3.05, 3.63) is 69.7 Å². The summed E-state index contributed by atoms with van der Waals surface area (Å²) in [4.78, 5) is 36.1. The molecule has 0 aliphatic carbocycles. The zero-order valence-electron chi connectivity index (χ0n) is 19.3. The first-order valence-electron chi connectivity index (χ1n) is 10.9. The number of carbonyl (C=O) groups excluding carboxylic acids is 3. The summed E-state index contributed by atoms with van der Waals surface area (Å²) in [6.07, 6.45) is 0. The van der Waals surface area contributed by atoms with Gasteiger partial charge in [0, 0.05) is 12.2 Å². The standard InChI is InChI=1S/C25H20Cl2N2O8/c1-2-34-25(33)24(32)29-14-8-17(26)22(18(27)9-14)37-15-4-5-19(30)16(10-15)23(31)28-11-13-3-6-20-21(7-13)36-12-35-20/h3-10,30H,2,11-12H2,1H3,(H,28,31)(H,29,32). The van der Waals surface area contributed by atoms with Crippen molar-refractivity contribution in [1.82, 2.24) is 5.32 Å². The molecular formula is C25H20Cl2N2O8. The Morgan fingerprint density at radius 1 is 1.00 bits per heavy atom. The van der Waals surface area contributed by atoms with Crippen LogP contribution in [0.1, 0.15) is 22.8 Å². The van der Waals surface area contributed by atoms with E-state index in [0.717, 1.165) is 5.56 Å². The molecule has 192 valence electrons. The smallest absolute Gasteiger partial charge is 0.397 e. The lowest BCUT2D eigenvalue weighted by molar-refractivity contribution is -0.152. The molecule has 0 fully saturated rings. The first-order valence-corrected chi connectivity index (χ1v) is 11.7. The molecule has 0 unspecified atom stereocenters. The number of hydrogen-bond acceptors (Lipinski definition) is 8. The van der Waals surface area contributed by atoms with Crippen molar-refractivity contribution in [3.63, 3.8) is 0 Å². The molecule has 10 nitrogen and oxygen atoms in total. The van der Waals surface area contributed by atoms with Gasteiger partial charge in [0.2, 0.25) is 6.79 Å². The molecule has 0 bridgehead atoms. The van der Waals surface area contributed by atoms with Crippen molar-refractivity contribution in [2.24, 2.45) is 0 Å². The van der Waals surface area contributed by atoms with Crippen LogP contribution in [-0.4, -0.2) is 36.3 Å². The molecule has 0 saturated carbocycles. The second-order valence-corrected chi connectivity index (χ2v) is 8.41. The van der Waals surface area contributed by atoms with E-state index in [1.54, 1.807) is 25.1 Å². The number of amides is 2. The molecule has 12 heteroatoms. The largest absolute Gasteiger partial charge is 0.507 e. The topological polar surface area (TPSA) is 132 Å². The average Bonchev–Trinajstić information content (AvgIpc) is 3.34. The van der Waals surface area contributed by atoms with E-state index in [9.17, 15) is 19.5 Å². The molecule has 4 rings (SSSR count). The average molecular weight is 547 g/mol. The van der Waals surface area contributed by atoms with E-state index in [1.807, 2.05) is 0 Å². The third kappa shape index (κ3) is 6.16. The minimum absolute atomic E-state index is 0.0218. The van der Waals surface area contributed by atoms with Crippen molar-refractivity contribution >= 4 is 46.7 Å². The first-order chi connectivity index (χ1) is 17.7. The minimum Gasteiger partial charge on any atom is -0.507 e. The maximum atomic E-state index is 12.7. The number of benzene rings is 3. The molecule has 3 N–H and O–H groups in total. The van der Waals surface area contributed by atoms with Gasteiger partial charge in [-0.3, -0.25) is 9.59 Å². The van der Waals surface area contributed by atoms with E-state index in [4.69, 9.17) is 37.4 Å². The van der Waals surface area contributed by atoms with Gasteiger partial charge in [0.1, 0.15) is 11.5 Å². The number of aromatic hydroxyl groups is 1. The number of hydrogen-bond donors (Lipinski definition) is 3. The van der Waals surface area contributed by atoms with Crippen LogP contribution in [0.3, 0.4) is 0 Å². The Morgan fingerprint density at radius 2 is 1.73 bits per heavy atom. The van der Waals surface area contributed by atoms with Crippen LogP contribution in [0.2, 0.25) is 10.0 Å². The van der Waals surface area contributed by atoms with Gasteiger partial charge in [0.15, 0.2) is 17.2 Å². The van der Waals surface area contributed by atoms with Crippen LogP contribution in [0.4, 0.5) is 5.69 Å². The zero-order chi connectivity index (χ0) is 26.5. The van der Waals surface area contributed by atoms with Crippen LogP contribution in [0.25, 0.3) is 0 Å². The lowest BCUT2D eigenvalue weighted by Gasteiger charge is -2.14. The van der Waals surface area contributed by atoms with E-state index < -0.39 is 17.8 Å². The van der Waals surface area contributed by atoms with Crippen LogP contribution >= 0.6 is 23.2 Å². The van der Waals surface area contributed by atoms with Gasteiger partial charge in [-0.05, 0) is 55.0 Å². The SMILES string of the molecule is CCOC(=O)C(=O)Nc1cc(Cl)c(Oc2ccc(O)c(C(=O)NCc3ccc4c(c3)OCO4)c2)c(Cl)c1. The number of nitrogens with one attached hydrogen (secondary N) is 2. The third-order valence-electron chi connectivity index (χ3n) is 5.04. The summed E-state index contributed by atoms with van der Waals surface area (Å²) in [6, 6.07) is 12.0. The minimum atomic E-state index is -1.05. The van der Waals surface area contributed by atoms with Crippen LogP contribution in [0.15, 0.2) is 48.5 Å². The molecule has 1 aliphatic heterocycles. The van der Waals surface area contributed by atoms with E-state index in [0.29, 0.717) is 11.5 Å². The van der Waals surface area contributed by atoms with Gasteiger partial charge in [-0.25, -0.2) is 4.79 Å². The first kappa shape index (κ1) is 25.9. The van der Waals surface area contributed by atoms with E-state index in [-0.39, 0.29) is 58.5 Å². The van der Waals surface area contributed by atoms with Gasteiger partial charge >= 0.3 is 11.9 Å². The third-order valence-corrected chi connectivity index (χ3v) is 5.60. The fraction of sp³-hybridized carbons (Fsp3) is 0.160. The van der Waals surface area contributed by atoms with Crippen molar-refractivity contribution in [2.75, 3.05) is 18.7 Å². The summed E-state index contributed by atoms with van der Waals surface area (Å²) in [7, 11) is 0. The molecule has 2 amide bonds. The highest BCUT2D eigenvalue weighted by molar-refractivity contribution is 6.39. The van der Waals surface area contributed by atoms with Gasteiger partial charge in [0.25, 0.3) is 5.91 Å². The van der Waals surface area contributed by atoms with E-state index in [1.165, 1.54) is 30.3 Å². The quantitative estimate of drug-likeness (QED) is 0.288. The number of esters is 1. The zero-order valence-corrected chi connectivity index (χ0v) is 20.8. The van der Waals surface area contributed by atoms with Crippen LogP contribution in [-0.2, 0) is 20.9 Å². The predicted molar refractivity (Wildman–Crippen MR) is 134 cm³/mol. The maximum absolute atomic E-state index is 12.7. The monoisotopic (exact) mass is 546 g/mol. The summed E-state index contributed by atoms with van der Waals surface area (Å²) in [5.74, 6) is -1.43. The highest BCUT2D eigenvalue weighted by Gasteiger charge is 2.19. The van der Waals surface area contributed by atoms with Gasteiger partial charge in [-0.2, -0.15) is 0 Å². The van der Waals surface area contributed by atoms with E-state index >= 15 is 0 Å². The Morgan fingerprint density at radius 3 is 2.46 bits per heavy atom. The molecule has 37 heavy (non-hydrogen) atoms. The van der Waals surface area contributed by atoms with Crippen LogP contribution in [0, 0.1) is 0 Å². The summed E-state index contributed by atoms with van der Waals surface area (Å²) >= 11 is 12.6. The number of phenolic OH excluding ortho intramolecular Hbond substituents is 1. The number of ether oxygens (including phenoxy) is 4. The second-order valence-electron chi connectivity index (χ2n) is 7.59. The van der Waals surface area contributed by atoms with Crippen LogP contribution in [0.5, 0.6) is 28.7 Å². The molecule has 1 heterocycles. The number of anilines is 1. The lowest BCUT2D eigenvalue weighted by atomic mass is 10.1. The van der Waals surface area contributed by atoms with Crippen molar-refractivity contribution in [2.45, 2.75) is 13.5 Å². The highest BCUT2D eigenvalue weighted by Crippen LogP contribution is 2.39. The molecule has 0 spiro atoms. The van der Waals surface area contributed by atoms with E-state index in [2.05, 4.69) is 15.4 Å². The summed E-state index contributed by atoms with van der Waals surface area (Å²) in [5.41, 5.74) is 0.886. The molecule has 0 atom stereocenters.